The highest BCUT2D eigenvalue weighted by Crippen LogP contribution is 2.34. The molecule has 0 radical (unpaired) electrons. The minimum Gasteiger partial charge on any atom is -0.481 e. The summed E-state index contributed by atoms with van der Waals surface area (Å²) in [7, 11) is 0. The van der Waals surface area contributed by atoms with Gasteiger partial charge in [-0.2, -0.15) is 0 Å². The van der Waals surface area contributed by atoms with Crippen LogP contribution in [-0.2, 0) is 35.3 Å². The molecule has 0 spiro atoms. The van der Waals surface area contributed by atoms with E-state index in [9.17, 15) is 9.59 Å². The van der Waals surface area contributed by atoms with Crippen LogP contribution < -0.4 is 0 Å². The number of fused-ring (bicyclic) bond motifs is 1. The Bertz CT molecular complexity index is 538. The number of ether oxygens (including phenoxy) is 1. The summed E-state index contributed by atoms with van der Waals surface area (Å²) in [5.74, 6) is -0.798. The monoisotopic (exact) mass is 311 g/mol. The van der Waals surface area contributed by atoms with Crippen LogP contribution in [0, 0.1) is 0 Å². The van der Waals surface area contributed by atoms with Crippen LogP contribution in [0.3, 0.4) is 0 Å². The van der Waals surface area contributed by atoms with Gasteiger partial charge in [-0.15, -0.1) is 11.3 Å². The predicted molar refractivity (Wildman–Crippen MR) is 80.8 cm³/mol. The second kappa shape index (κ2) is 6.93. The van der Waals surface area contributed by atoms with Gasteiger partial charge in [0.2, 0.25) is 0 Å². The van der Waals surface area contributed by atoms with E-state index in [-0.39, 0.29) is 12.5 Å². The first-order valence-electron chi connectivity index (χ1n) is 7.32. The van der Waals surface area contributed by atoms with E-state index < -0.39 is 5.97 Å². The maximum atomic E-state index is 11.9. The number of carboxylic acids is 1. The molecular weight excluding hydrogens is 290 g/mol. The van der Waals surface area contributed by atoms with Crippen molar-refractivity contribution in [2.45, 2.75) is 46.1 Å². The number of carbonyl (C=O) groups is 2. The molecule has 1 aliphatic heterocycles. The normalized spacial score (nSPS) is 13.9. The van der Waals surface area contributed by atoms with Crippen molar-refractivity contribution in [3.8, 4) is 0 Å². The summed E-state index contributed by atoms with van der Waals surface area (Å²) in [6, 6.07) is 0. The summed E-state index contributed by atoms with van der Waals surface area (Å²) in [4.78, 5) is 26.8. The van der Waals surface area contributed by atoms with E-state index in [1.807, 2.05) is 0 Å². The molecule has 0 unspecified atom stereocenters. The van der Waals surface area contributed by atoms with Crippen molar-refractivity contribution in [2.75, 3.05) is 13.2 Å². The number of rotatable bonds is 5. The SMILES string of the molecule is CCCc1c(CC(=O)O)sc2c1CN(C(=O)OCC)CC2. The third-order valence-electron chi connectivity index (χ3n) is 3.58. The number of nitrogens with zero attached hydrogens (tertiary/aromatic N) is 1. The van der Waals surface area contributed by atoms with E-state index in [0.29, 0.717) is 19.7 Å². The molecule has 1 N–H and O–H groups in total. The summed E-state index contributed by atoms with van der Waals surface area (Å²) in [5.41, 5.74) is 2.28. The molecule has 0 fully saturated rings. The van der Waals surface area contributed by atoms with Gasteiger partial charge in [-0.3, -0.25) is 4.79 Å². The van der Waals surface area contributed by atoms with Gasteiger partial charge >= 0.3 is 12.1 Å². The van der Waals surface area contributed by atoms with Gasteiger partial charge in [0.1, 0.15) is 0 Å². The first-order valence-corrected chi connectivity index (χ1v) is 8.14. The van der Waals surface area contributed by atoms with E-state index >= 15 is 0 Å². The minimum absolute atomic E-state index is 0.0758. The van der Waals surface area contributed by atoms with E-state index in [1.165, 1.54) is 4.88 Å². The molecular formula is C15H21NO4S. The van der Waals surface area contributed by atoms with E-state index in [2.05, 4.69) is 6.92 Å². The average molecular weight is 311 g/mol. The first kappa shape index (κ1) is 15.8. The lowest BCUT2D eigenvalue weighted by atomic mass is 9.99. The van der Waals surface area contributed by atoms with Crippen molar-refractivity contribution in [2.24, 2.45) is 0 Å². The van der Waals surface area contributed by atoms with Crippen LogP contribution in [0.15, 0.2) is 0 Å². The Morgan fingerprint density at radius 2 is 2.14 bits per heavy atom. The molecule has 1 aromatic heterocycles. The third kappa shape index (κ3) is 3.56. The van der Waals surface area contributed by atoms with Crippen LogP contribution in [0.2, 0.25) is 0 Å². The van der Waals surface area contributed by atoms with E-state index in [1.54, 1.807) is 23.2 Å². The average Bonchev–Trinajstić information content (AvgIpc) is 2.76. The number of thiophene rings is 1. The van der Waals surface area contributed by atoms with Crippen molar-refractivity contribution in [1.29, 1.82) is 0 Å². The van der Waals surface area contributed by atoms with Gasteiger partial charge in [0.15, 0.2) is 0 Å². The molecule has 0 saturated carbocycles. The lowest BCUT2D eigenvalue weighted by Gasteiger charge is -2.27. The zero-order valence-electron chi connectivity index (χ0n) is 12.5. The molecule has 2 rings (SSSR count). The fourth-order valence-corrected chi connectivity index (χ4v) is 4.04. The number of amides is 1. The van der Waals surface area contributed by atoms with Gasteiger partial charge in [-0.05, 0) is 30.9 Å². The lowest BCUT2D eigenvalue weighted by molar-refractivity contribution is -0.136. The Balaban J connectivity index is 2.26. The maximum absolute atomic E-state index is 11.9. The van der Waals surface area contributed by atoms with Crippen LogP contribution in [0.1, 0.15) is 41.1 Å². The van der Waals surface area contributed by atoms with Crippen molar-refractivity contribution in [3.63, 3.8) is 0 Å². The summed E-state index contributed by atoms with van der Waals surface area (Å²) in [6.45, 7) is 5.44. The zero-order chi connectivity index (χ0) is 15.4. The zero-order valence-corrected chi connectivity index (χ0v) is 13.3. The van der Waals surface area contributed by atoms with Crippen LogP contribution >= 0.6 is 11.3 Å². The van der Waals surface area contributed by atoms with Gasteiger partial charge in [-0.25, -0.2) is 4.79 Å². The molecule has 0 saturated heterocycles. The highest BCUT2D eigenvalue weighted by molar-refractivity contribution is 7.12. The van der Waals surface area contributed by atoms with Crippen LogP contribution in [0.4, 0.5) is 4.79 Å². The molecule has 2 heterocycles. The summed E-state index contributed by atoms with van der Waals surface area (Å²) < 4.78 is 5.06. The highest BCUT2D eigenvalue weighted by Gasteiger charge is 2.27. The fourth-order valence-electron chi connectivity index (χ4n) is 2.69. The van der Waals surface area contributed by atoms with Gasteiger partial charge in [0.25, 0.3) is 0 Å². The molecule has 0 aliphatic carbocycles. The number of carbonyl (C=O) groups excluding carboxylic acids is 1. The quantitative estimate of drug-likeness (QED) is 0.908. The standard InChI is InChI=1S/C15H21NO4S/c1-3-5-10-11-9-16(15(19)20-4-2)7-6-12(11)21-13(10)8-14(17)18/h3-9H2,1-2H3,(H,17,18). The smallest absolute Gasteiger partial charge is 0.410 e. The Kier molecular flexibility index (Phi) is 5.22. The molecule has 21 heavy (non-hydrogen) atoms. The van der Waals surface area contributed by atoms with Crippen molar-refractivity contribution >= 4 is 23.4 Å². The van der Waals surface area contributed by atoms with E-state index in [0.717, 1.165) is 35.3 Å². The van der Waals surface area contributed by atoms with Crippen LogP contribution in [0.5, 0.6) is 0 Å². The maximum Gasteiger partial charge on any atom is 0.410 e. The van der Waals surface area contributed by atoms with Gasteiger partial charge in [0.05, 0.1) is 19.6 Å². The molecule has 5 nitrogen and oxygen atoms in total. The number of hydrogen-bond acceptors (Lipinski definition) is 4. The Labute approximate surface area is 128 Å². The second-order valence-electron chi connectivity index (χ2n) is 5.10. The van der Waals surface area contributed by atoms with Crippen molar-refractivity contribution < 1.29 is 19.4 Å². The second-order valence-corrected chi connectivity index (χ2v) is 6.29. The molecule has 116 valence electrons. The summed E-state index contributed by atoms with van der Waals surface area (Å²) in [5, 5.41) is 9.05. The molecule has 1 amide bonds. The lowest BCUT2D eigenvalue weighted by Crippen LogP contribution is -2.36. The summed E-state index contributed by atoms with van der Waals surface area (Å²) >= 11 is 1.60. The minimum atomic E-state index is -0.798. The van der Waals surface area contributed by atoms with Gasteiger partial charge in [0, 0.05) is 16.3 Å². The molecule has 0 bridgehead atoms. The van der Waals surface area contributed by atoms with Crippen LogP contribution in [-0.4, -0.2) is 35.2 Å². The highest BCUT2D eigenvalue weighted by atomic mass is 32.1. The molecule has 1 aromatic rings. The number of aliphatic carboxylic acids is 1. The van der Waals surface area contributed by atoms with E-state index in [4.69, 9.17) is 9.84 Å². The van der Waals surface area contributed by atoms with Gasteiger partial charge < -0.3 is 14.7 Å². The van der Waals surface area contributed by atoms with Crippen molar-refractivity contribution in [1.82, 2.24) is 4.90 Å². The third-order valence-corrected chi connectivity index (χ3v) is 4.91. The number of carboxylic acid groups (broad SMARTS) is 1. The Morgan fingerprint density at radius 3 is 2.76 bits per heavy atom. The molecule has 1 aliphatic rings. The fraction of sp³-hybridized carbons (Fsp3) is 0.600. The predicted octanol–water partition coefficient (Wildman–Crippen LogP) is 2.84. The summed E-state index contributed by atoms with van der Waals surface area (Å²) in [6.07, 6.45) is 2.42. The van der Waals surface area contributed by atoms with Crippen LogP contribution in [0.25, 0.3) is 0 Å². The number of hydrogen-bond donors (Lipinski definition) is 1. The molecule has 0 atom stereocenters. The van der Waals surface area contributed by atoms with Gasteiger partial charge in [-0.1, -0.05) is 13.3 Å². The van der Waals surface area contributed by atoms with Crippen molar-refractivity contribution in [3.05, 3.63) is 20.9 Å². The topological polar surface area (TPSA) is 66.8 Å². The Hall–Kier alpha value is -1.56. The molecule has 0 aromatic carbocycles. The largest absolute Gasteiger partial charge is 0.481 e. The first-order chi connectivity index (χ1) is 10.1. The Morgan fingerprint density at radius 1 is 1.38 bits per heavy atom. The molecule has 6 heteroatoms.